The lowest BCUT2D eigenvalue weighted by atomic mass is 9.97. The van der Waals surface area contributed by atoms with Crippen LogP contribution < -0.4 is 11.1 Å². The fourth-order valence-corrected chi connectivity index (χ4v) is 2.62. The smallest absolute Gasteiger partial charge is 0.244 e. The van der Waals surface area contributed by atoms with Gasteiger partial charge in [-0.25, -0.2) is 0 Å². The summed E-state index contributed by atoms with van der Waals surface area (Å²) in [5.74, 6) is 0.515. The first kappa shape index (κ1) is 14.1. The van der Waals surface area contributed by atoms with Crippen LogP contribution in [0.15, 0.2) is 24.3 Å². The van der Waals surface area contributed by atoms with Crippen LogP contribution in [0.1, 0.15) is 57.4 Å². The number of benzene rings is 1. The maximum absolute atomic E-state index is 12.2. The lowest BCUT2D eigenvalue weighted by Crippen LogP contribution is -2.48. The SMILES string of the molecule is CCC(C)c1ccc(NC(=O)C2(N)CCCC2)cc1. The highest BCUT2D eigenvalue weighted by Gasteiger charge is 2.36. The van der Waals surface area contributed by atoms with E-state index in [-0.39, 0.29) is 5.91 Å². The van der Waals surface area contributed by atoms with Gasteiger partial charge in [0, 0.05) is 5.69 Å². The first-order valence-corrected chi connectivity index (χ1v) is 7.25. The molecule has 0 radical (unpaired) electrons. The normalized spacial score (nSPS) is 19.1. The van der Waals surface area contributed by atoms with Crippen LogP contribution in [0.4, 0.5) is 5.69 Å². The van der Waals surface area contributed by atoms with Crippen molar-refractivity contribution < 1.29 is 4.79 Å². The Balaban J connectivity index is 2.01. The van der Waals surface area contributed by atoms with Gasteiger partial charge in [0.25, 0.3) is 0 Å². The Kier molecular flexibility index (Phi) is 4.25. The Hall–Kier alpha value is -1.35. The van der Waals surface area contributed by atoms with Crippen LogP contribution in [0.25, 0.3) is 0 Å². The van der Waals surface area contributed by atoms with E-state index in [4.69, 9.17) is 5.73 Å². The van der Waals surface area contributed by atoms with E-state index in [1.807, 2.05) is 12.1 Å². The molecular formula is C16H24N2O. The number of anilines is 1. The summed E-state index contributed by atoms with van der Waals surface area (Å²) in [7, 11) is 0. The van der Waals surface area contributed by atoms with Crippen molar-refractivity contribution in [1.29, 1.82) is 0 Å². The van der Waals surface area contributed by atoms with E-state index in [2.05, 4.69) is 31.3 Å². The highest BCUT2D eigenvalue weighted by molar-refractivity contribution is 5.98. The standard InChI is InChI=1S/C16H24N2O/c1-3-12(2)13-6-8-14(9-7-13)18-15(19)16(17)10-4-5-11-16/h6-9,12H,3-5,10-11,17H2,1-2H3,(H,18,19). The number of hydrogen-bond donors (Lipinski definition) is 2. The van der Waals surface area contributed by atoms with Crippen molar-refractivity contribution in [2.75, 3.05) is 5.32 Å². The molecule has 1 aliphatic rings. The summed E-state index contributed by atoms with van der Waals surface area (Å²) in [6.45, 7) is 4.39. The molecule has 0 heterocycles. The molecule has 1 fully saturated rings. The lowest BCUT2D eigenvalue weighted by Gasteiger charge is -2.22. The third-order valence-corrected chi connectivity index (χ3v) is 4.30. The minimum absolute atomic E-state index is 0.0405. The molecule has 19 heavy (non-hydrogen) atoms. The minimum Gasteiger partial charge on any atom is -0.324 e. The van der Waals surface area contributed by atoms with Gasteiger partial charge in [-0.05, 0) is 42.9 Å². The third-order valence-electron chi connectivity index (χ3n) is 4.30. The van der Waals surface area contributed by atoms with Gasteiger partial charge in [0.15, 0.2) is 0 Å². The topological polar surface area (TPSA) is 55.1 Å². The summed E-state index contributed by atoms with van der Waals surface area (Å²) in [5, 5.41) is 2.94. The highest BCUT2D eigenvalue weighted by atomic mass is 16.2. The van der Waals surface area contributed by atoms with Gasteiger partial charge in [0.2, 0.25) is 5.91 Å². The number of carbonyl (C=O) groups is 1. The van der Waals surface area contributed by atoms with E-state index in [0.29, 0.717) is 5.92 Å². The Labute approximate surface area is 115 Å². The fraction of sp³-hybridized carbons (Fsp3) is 0.562. The van der Waals surface area contributed by atoms with Gasteiger partial charge in [-0.3, -0.25) is 4.79 Å². The van der Waals surface area contributed by atoms with Crippen LogP contribution >= 0.6 is 0 Å². The molecular weight excluding hydrogens is 236 g/mol. The van der Waals surface area contributed by atoms with Crippen molar-refractivity contribution in [3.63, 3.8) is 0 Å². The molecule has 0 aliphatic heterocycles. The molecule has 1 saturated carbocycles. The van der Waals surface area contributed by atoms with Crippen molar-refractivity contribution in [2.45, 2.75) is 57.4 Å². The molecule has 104 valence electrons. The zero-order chi connectivity index (χ0) is 13.9. The predicted octanol–water partition coefficient (Wildman–Crippen LogP) is 3.41. The van der Waals surface area contributed by atoms with Crippen molar-refractivity contribution >= 4 is 11.6 Å². The first-order valence-electron chi connectivity index (χ1n) is 7.25. The summed E-state index contributed by atoms with van der Waals surface area (Å²) >= 11 is 0. The molecule has 1 aromatic rings. The average Bonchev–Trinajstić information content (AvgIpc) is 2.87. The van der Waals surface area contributed by atoms with Gasteiger partial charge in [-0.2, -0.15) is 0 Å². The average molecular weight is 260 g/mol. The zero-order valence-corrected chi connectivity index (χ0v) is 11.9. The minimum atomic E-state index is -0.657. The molecule has 1 amide bonds. The number of hydrogen-bond acceptors (Lipinski definition) is 2. The van der Waals surface area contributed by atoms with Crippen LogP contribution in [-0.4, -0.2) is 11.4 Å². The Bertz CT molecular complexity index is 433. The number of nitrogens with one attached hydrogen (secondary N) is 1. The number of nitrogens with two attached hydrogens (primary N) is 1. The van der Waals surface area contributed by atoms with Crippen LogP contribution in [-0.2, 0) is 4.79 Å². The van der Waals surface area contributed by atoms with Gasteiger partial charge in [0.1, 0.15) is 0 Å². The number of carbonyl (C=O) groups excluding carboxylic acids is 1. The molecule has 0 aromatic heterocycles. The maximum atomic E-state index is 12.2. The second kappa shape index (κ2) is 5.74. The summed E-state index contributed by atoms with van der Waals surface area (Å²) < 4.78 is 0. The molecule has 3 heteroatoms. The Morgan fingerprint density at radius 3 is 2.42 bits per heavy atom. The monoisotopic (exact) mass is 260 g/mol. The van der Waals surface area contributed by atoms with Crippen molar-refractivity contribution in [1.82, 2.24) is 0 Å². The van der Waals surface area contributed by atoms with E-state index in [0.717, 1.165) is 37.8 Å². The summed E-state index contributed by atoms with van der Waals surface area (Å²) in [6, 6.07) is 8.11. The second-order valence-electron chi connectivity index (χ2n) is 5.75. The molecule has 1 unspecified atom stereocenters. The molecule has 3 N–H and O–H groups in total. The summed E-state index contributed by atoms with van der Waals surface area (Å²) in [6.07, 6.45) is 4.82. The van der Waals surface area contributed by atoms with Gasteiger partial charge < -0.3 is 11.1 Å². The molecule has 3 nitrogen and oxygen atoms in total. The lowest BCUT2D eigenvalue weighted by molar-refractivity contribution is -0.121. The first-order chi connectivity index (χ1) is 9.05. The summed E-state index contributed by atoms with van der Waals surface area (Å²) in [4.78, 5) is 12.2. The van der Waals surface area contributed by atoms with E-state index >= 15 is 0 Å². The fourth-order valence-electron chi connectivity index (χ4n) is 2.62. The van der Waals surface area contributed by atoms with Crippen LogP contribution in [0, 0.1) is 0 Å². The van der Waals surface area contributed by atoms with E-state index < -0.39 is 5.54 Å². The van der Waals surface area contributed by atoms with Crippen LogP contribution in [0.3, 0.4) is 0 Å². The number of rotatable bonds is 4. The van der Waals surface area contributed by atoms with Gasteiger partial charge in [-0.1, -0.05) is 38.8 Å². The largest absolute Gasteiger partial charge is 0.324 e. The molecule has 1 aliphatic carbocycles. The molecule has 1 aromatic carbocycles. The third kappa shape index (κ3) is 3.16. The van der Waals surface area contributed by atoms with E-state index in [1.165, 1.54) is 5.56 Å². The second-order valence-corrected chi connectivity index (χ2v) is 5.75. The summed E-state index contributed by atoms with van der Waals surface area (Å²) in [5.41, 5.74) is 7.63. The van der Waals surface area contributed by atoms with Crippen LogP contribution in [0.2, 0.25) is 0 Å². The van der Waals surface area contributed by atoms with Gasteiger partial charge in [0.05, 0.1) is 5.54 Å². The molecule has 1 atom stereocenters. The van der Waals surface area contributed by atoms with Crippen molar-refractivity contribution in [3.8, 4) is 0 Å². The van der Waals surface area contributed by atoms with Gasteiger partial charge in [-0.15, -0.1) is 0 Å². The van der Waals surface area contributed by atoms with Crippen molar-refractivity contribution in [2.24, 2.45) is 5.73 Å². The van der Waals surface area contributed by atoms with E-state index in [9.17, 15) is 4.79 Å². The molecule has 0 saturated heterocycles. The predicted molar refractivity (Wildman–Crippen MR) is 79.2 cm³/mol. The zero-order valence-electron chi connectivity index (χ0n) is 11.9. The highest BCUT2D eigenvalue weighted by Crippen LogP contribution is 2.28. The number of amides is 1. The quantitative estimate of drug-likeness (QED) is 0.871. The molecule has 2 rings (SSSR count). The van der Waals surface area contributed by atoms with Gasteiger partial charge >= 0.3 is 0 Å². The molecule has 0 spiro atoms. The van der Waals surface area contributed by atoms with Crippen molar-refractivity contribution in [3.05, 3.63) is 29.8 Å². The molecule has 0 bridgehead atoms. The maximum Gasteiger partial charge on any atom is 0.244 e. The van der Waals surface area contributed by atoms with E-state index in [1.54, 1.807) is 0 Å². The Morgan fingerprint density at radius 2 is 1.89 bits per heavy atom. The Morgan fingerprint density at radius 1 is 1.32 bits per heavy atom. The van der Waals surface area contributed by atoms with Crippen LogP contribution in [0.5, 0.6) is 0 Å².